The summed E-state index contributed by atoms with van der Waals surface area (Å²) in [6, 6.07) is 16.3. The number of H-pyrrole nitrogens is 1. The van der Waals surface area contributed by atoms with Crippen LogP contribution in [0.15, 0.2) is 54.6 Å². The first-order valence-electron chi connectivity index (χ1n) is 5.80. The van der Waals surface area contributed by atoms with Crippen molar-refractivity contribution in [1.29, 1.82) is 0 Å². The SMILES string of the molecule is O=C(ONc1nc2ccccc2[nH]1)c1ccccc1. The van der Waals surface area contributed by atoms with E-state index in [4.69, 9.17) is 4.84 Å². The Kier molecular flexibility index (Phi) is 2.86. The first-order valence-corrected chi connectivity index (χ1v) is 5.80. The summed E-state index contributed by atoms with van der Waals surface area (Å²) in [5.41, 5.74) is 4.68. The zero-order chi connectivity index (χ0) is 13.1. The molecule has 1 aromatic heterocycles. The molecule has 0 radical (unpaired) electrons. The van der Waals surface area contributed by atoms with Gasteiger partial charge < -0.3 is 9.82 Å². The van der Waals surface area contributed by atoms with Gasteiger partial charge in [0.25, 0.3) is 0 Å². The van der Waals surface area contributed by atoms with Crippen LogP contribution >= 0.6 is 0 Å². The van der Waals surface area contributed by atoms with Crippen molar-refractivity contribution < 1.29 is 9.63 Å². The summed E-state index contributed by atoms with van der Waals surface area (Å²) in [7, 11) is 0. The van der Waals surface area contributed by atoms with Gasteiger partial charge in [-0.3, -0.25) is 0 Å². The van der Waals surface area contributed by atoms with Gasteiger partial charge in [-0.05, 0) is 24.3 Å². The maximum atomic E-state index is 11.7. The molecule has 0 spiro atoms. The Hall–Kier alpha value is -2.82. The lowest BCUT2D eigenvalue weighted by Crippen LogP contribution is -2.11. The van der Waals surface area contributed by atoms with Crippen molar-refractivity contribution >= 4 is 23.0 Å². The second-order valence-electron chi connectivity index (χ2n) is 3.96. The lowest BCUT2D eigenvalue weighted by atomic mass is 10.2. The standard InChI is InChI=1S/C14H11N3O2/c18-13(10-6-2-1-3-7-10)19-17-14-15-11-8-4-5-9-12(11)16-14/h1-9H,(H2,15,16,17). The highest BCUT2D eigenvalue weighted by Gasteiger charge is 2.08. The molecule has 19 heavy (non-hydrogen) atoms. The van der Waals surface area contributed by atoms with Crippen LogP contribution in [0.4, 0.5) is 5.95 Å². The number of imidazole rings is 1. The molecule has 0 bridgehead atoms. The van der Waals surface area contributed by atoms with E-state index in [0.29, 0.717) is 11.5 Å². The maximum absolute atomic E-state index is 11.7. The lowest BCUT2D eigenvalue weighted by molar-refractivity contribution is 0.0593. The Balaban J connectivity index is 1.71. The van der Waals surface area contributed by atoms with E-state index in [9.17, 15) is 4.79 Å². The molecule has 0 saturated carbocycles. The number of carbonyl (C=O) groups is 1. The summed E-state index contributed by atoms with van der Waals surface area (Å²) in [5.74, 6) is -0.0634. The predicted octanol–water partition coefficient (Wildman–Crippen LogP) is 2.75. The maximum Gasteiger partial charge on any atom is 0.362 e. The highest BCUT2D eigenvalue weighted by atomic mass is 16.7. The van der Waals surface area contributed by atoms with Crippen molar-refractivity contribution in [3.8, 4) is 0 Å². The molecule has 5 heteroatoms. The third-order valence-electron chi connectivity index (χ3n) is 2.64. The number of para-hydroxylation sites is 2. The van der Waals surface area contributed by atoms with Crippen molar-refractivity contribution in [1.82, 2.24) is 9.97 Å². The monoisotopic (exact) mass is 253 g/mol. The molecule has 5 nitrogen and oxygen atoms in total. The van der Waals surface area contributed by atoms with Gasteiger partial charge in [0.15, 0.2) is 0 Å². The number of aromatic amines is 1. The van der Waals surface area contributed by atoms with Crippen LogP contribution in [0.5, 0.6) is 0 Å². The van der Waals surface area contributed by atoms with E-state index in [2.05, 4.69) is 15.4 Å². The van der Waals surface area contributed by atoms with Crippen LogP contribution in [0.1, 0.15) is 10.4 Å². The van der Waals surface area contributed by atoms with Gasteiger partial charge >= 0.3 is 5.97 Å². The quantitative estimate of drug-likeness (QED) is 0.704. The number of hydrogen-bond acceptors (Lipinski definition) is 4. The number of aromatic nitrogens is 2. The number of nitrogens with one attached hydrogen (secondary N) is 2. The third kappa shape index (κ3) is 2.40. The Morgan fingerprint density at radius 2 is 1.79 bits per heavy atom. The predicted molar refractivity (Wildman–Crippen MR) is 71.6 cm³/mol. The van der Waals surface area contributed by atoms with E-state index in [1.165, 1.54) is 0 Å². The summed E-state index contributed by atoms with van der Waals surface area (Å²) in [5, 5.41) is 0. The van der Waals surface area contributed by atoms with Gasteiger partial charge in [0.2, 0.25) is 5.95 Å². The number of benzene rings is 2. The molecular weight excluding hydrogens is 242 g/mol. The van der Waals surface area contributed by atoms with E-state index >= 15 is 0 Å². The Labute approximate surface area is 109 Å². The lowest BCUT2D eigenvalue weighted by Gasteiger charge is -2.03. The zero-order valence-electron chi connectivity index (χ0n) is 9.96. The van der Waals surface area contributed by atoms with Crippen LogP contribution in [0.3, 0.4) is 0 Å². The highest BCUT2D eigenvalue weighted by Crippen LogP contribution is 2.13. The van der Waals surface area contributed by atoms with Gasteiger partial charge in [-0.2, -0.15) is 5.48 Å². The number of fused-ring (bicyclic) bond motifs is 1. The highest BCUT2D eigenvalue weighted by molar-refractivity contribution is 5.89. The minimum atomic E-state index is -0.457. The van der Waals surface area contributed by atoms with Crippen molar-refractivity contribution in [2.75, 3.05) is 5.48 Å². The molecule has 0 aliphatic carbocycles. The molecule has 3 rings (SSSR count). The first kappa shape index (κ1) is 11.3. The van der Waals surface area contributed by atoms with Gasteiger partial charge in [-0.25, -0.2) is 9.78 Å². The number of nitrogens with zero attached hydrogens (tertiary/aromatic N) is 1. The average molecular weight is 253 g/mol. The summed E-state index contributed by atoms with van der Waals surface area (Å²) >= 11 is 0. The van der Waals surface area contributed by atoms with Crippen molar-refractivity contribution in [2.45, 2.75) is 0 Å². The first-order chi connectivity index (χ1) is 9.33. The van der Waals surface area contributed by atoms with Gasteiger partial charge in [0, 0.05) is 0 Å². The molecule has 2 aromatic carbocycles. The minimum Gasteiger partial charge on any atom is -0.335 e. The summed E-state index contributed by atoms with van der Waals surface area (Å²) in [6.07, 6.45) is 0. The smallest absolute Gasteiger partial charge is 0.335 e. The van der Waals surface area contributed by atoms with Crippen LogP contribution in [0, 0.1) is 0 Å². The van der Waals surface area contributed by atoms with E-state index in [1.54, 1.807) is 24.3 Å². The average Bonchev–Trinajstić information content (AvgIpc) is 2.88. The van der Waals surface area contributed by atoms with Crippen molar-refractivity contribution in [3.63, 3.8) is 0 Å². The van der Waals surface area contributed by atoms with Crippen molar-refractivity contribution in [2.24, 2.45) is 0 Å². The van der Waals surface area contributed by atoms with E-state index in [-0.39, 0.29) is 0 Å². The molecule has 94 valence electrons. The molecular formula is C14H11N3O2. The Morgan fingerprint density at radius 3 is 2.58 bits per heavy atom. The second kappa shape index (κ2) is 4.81. The fraction of sp³-hybridized carbons (Fsp3) is 0. The number of rotatable bonds is 3. The third-order valence-corrected chi connectivity index (χ3v) is 2.64. The fourth-order valence-corrected chi connectivity index (χ4v) is 1.73. The van der Waals surface area contributed by atoms with Gasteiger partial charge in [0.1, 0.15) is 0 Å². The fourth-order valence-electron chi connectivity index (χ4n) is 1.73. The number of carbonyl (C=O) groups excluding carboxylic acids is 1. The van der Waals surface area contributed by atoms with Gasteiger partial charge in [0.05, 0.1) is 16.6 Å². The van der Waals surface area contributed by atoms with Crippen LogP contribution in [-0.4, -0.2) is 15.9 Å². The number of anilines is 1. The molecule has 0 atom stereocenters. The van der Waals surface area contributed by atoms with E-state index in [0.717, 1.165) is 11.0 Å². The molecule has 0 aliphatic rings. The number of hydrogen-bond donors (Lipinski definition) is 2. The zero-order valence-corrected chi connectivity index (χ0v) is 9.96. The topological polar surface area (TPSA) is 67.0 Å². The normalized spacial score (nSPS) is 10.3. The Bertz CT molecular complexity index is 674. The van der Waals surface area contributed by atoms with Crippen LogP contribution in [0.25, 0.3) is 11.0 Å². The van der Waals surface area contributed by atoms with Crippen LogP contribution < -0.4 is 5.48 Å². The summed E-state index contributed by atoms with van der Waals surface area (Å²) in [6.45, 7) is 0. The van der Waals surface area contributed by atoms with Gasteiger partial charge in [-0.1, -0.05) is 30.3 Å². The summed E-state index contributed by atoms with van der Waals surface area (Å²) < 4.78 is 0. The molecule has 1 heterocycles. The second-order valence-corrected chi connectivity index (χ2v) is 3.96. The van der Waals surface area contributed by atoms with Crippen LogP contribution in [0.2, 0.25) is 0 Å². The summed E-state index contributed by atoms with van der Waals surface area (Å²) in [4.78, 5) is 23.9. The largest absolute Gasteiger partial charge is 0.362 e. The van der Waals surface area contributed by atoms with Gasteiger partial charge in [-0.15, -0.1) is 0 Å². The molecule has 0 amide bonds. The van der Waals surface area contributed by atoms with E-state index < -0.39 is 5.97 Å². The molecule has 0 saturated heterocycles. The Morgan fingerprint density at radius 1 is 1.05 bits per heavy atom. The van der Waals surface area contributed by atoms with Crippen molar-refractivity contribution in [3.05, 3.63) is 60.2 Å². The van der Waals surface area contributed by atoms with Crippen LogP contribution in [-0.2, 0) is 4.84 Å². The molecule has 3 aromatic rings. The molecule has 0 unspecified atom stereocenters. The molecule has 0 aliphatic heterocycles. The molecule has 2 N–H and O–H groups in total. The van der Waals surface area contributed by atoms with E-state index in [1.807, 2.05) is 30.3 Å². The minimum absolute atomic E-state index is 0.394. The molecule has 0 fully saturated rings.